The molecule has 2 N–H and O–H groups in total. The number of piperidine rings is 1. The fourth-order valence-corrected chi connectivity index (χ4v) is 3.49. The molecule has 1 aliphatic heterocycles. The fraction of sp³-hybridized carbons (Fsp3) is 0.538. The van der Waals surface area contributed by atoms with Crippen molar-refractivity contribution in [3.63, 3.8) is 0 Å². The molecule has 0 radical (unpaired) electrons. The van der Waals surface area contributed by atoms with Gasteiger partial charge in [-0.15, -0.1) is 23.7 Å². The summed E-state index contributed by atoms with van der Waals surface area (Å²) < 4.78 is 37.5. The van der Waals surface area contributed by atoms with Crippen LogP contribution in [0.5, 0.6) is 0 Å². The Morgan fingerprint density at radius 1 is 1.27 bits per heavy atom. The summed E-state index contributed by atoms with van der Waals surface area (Å²) in [6, 6.07) is 1.85. The van der Waals surface area contributed by atoms with E-state index >= 15 is 0 Å². The van der Waals surface area contributed by atoms with Crippen LogP contribution in [0.1, 0.15) is 17.7 Å². The molecule has 0 atom stereocenters. The van der Waals surface area contributed by atoms with E-state index in [0.29, 0.717) is 22.1 Å². The van der Waals surface area contributed by atoms with E-state index in [-0.39, 0.29) is 17.3 Å². The lowest BCUT2D eigenvalue weighted by atomic mass is 10.1. The summed E-state index contributed by atoms with van der Waals surface area (Å²) in [6.07, 6.45) is -1.76. The van der Waals surface area contributed by atoms with Gasteiger partial charge in [-0.3, -0.25) is 0 Å². The highest BCUT2D eigenvalue weighted by molar-refractivity contribution is 7.18. The maximum absolute atomic E-state index is 12.5. The lowest BCUT2D eigenvalue weighted by Gasteiger charge is -2.24. The van der Waals surface area contributed by atoms with Crippen LogP contribution in [0, 0.1) is 0 Å². The molecule has 0 amide bonds. The molecule has 9 heteroatoms. The van der Waals surface area contributed by atoms with Crippen LogP contribution in [0.4, 0.5) is 19.0 Å². The summed E-state index contributed by atoms with van der Waals surface area (Å²) >= 11 is 1.08. The molecule has 2 aromatic rings. The first-order valence-electron chi connectivity index (χ1n) is 6.79. The Labute approximate surface area is 135 Å². The highest BCUT2D eigenvalue weighted by Crippen LogP contribution is 2.32. The van der Waals surface area contributed by atoms with Crippen molar-refractivity contribution in [2.24, 2.45) is 0 Å². The lowest BCUT2D eigenvalue weighted by molar-refractivity contribution is -0.126. The molecule has 0 spiro atoms. The van der Waals surface area contributed by atoms with Crippen molar-refractivity contribution in [2.75, 3.05) is 18.4 Å². The normalized spacial score (nSPS) is 16.5. The van der Waals surface area contributed by atoms with Crippen molar-refractivity contribution in [1.29, 1.82) is 0 Å². The van der Waals surface area contributed by atoms with Gasteiger partial charge in [0.2, 0.25) is 0 Å². The molecule has 22 heavy (non-hydrogen) atoms. The number of alkyl halides is 3. The maximum atomic E-state index is 12.5. The van der Waals surface area contributed by atoms with Crippen molar-refractivity contribution in [1.82, 2.24) is 15.3 Å². The lowest BCUT2D eigenvalue weighted by Crippen LogP contribution is -2.35. The minimum absolute atomic E-state index is 0. The SMILES string of the molecule is Cl.FC(F)(F)Cc1cc2c(NC3CCNCC3)ncnc2s1. The number of nitrogens with one attached hydrogen (secondary N) is 2. The summed E-state index contributed by atoms with van der Waals surface area (Å²) in [4.78, 5) is 9.13. The highest BCUT2D eigenvalue weighted by atomic mass is 35.5. The van der Waals surface area contributed by atoms with Crippen LogP contribution in [0.15, 0.2) is 12.4 Å². The Hall–Kier alpha value is -1.12. The molecule has 1 fully saturated rings. The van der Waals surface area contributed by atoms with Crippen molar-refractivity contribution < 1.29 is 13.2 Å². The first kappa shape index (κ1) is 17.2. The number of thiophene rings is 1. The summed E-state index contributed by atoms with van der Waals surface area (Å²) in [7, 11) is 0. The molecule has 0 aliphatic carbocycles. The van der Waals surface area contributed by atoms with E-state index in [9.17, 15) is 13.2 Å². The Morgan fingerprint density at radius 2 is 2.00 bits per heavy atom. The number of anilines is 1. The van der Waals surface area contributed by atoms with Gasteiger partial charge in [0.05, 0.1) is 11.8 Å². The monoisotopic (exact) mass is 352 g/mol. The molecule has 122 valence electrons. The number of hydrogen-bond donors (Lipinski definition) is 2. The van der Waals surface area contributed by atoms with Gasteiger partial charge in [-0.25, -0.2) is 9.97 Å². The average molecular weight is 353 g/mol. The van der Waals surface area contributed by atoms with Gasteiger partial charge in [-0.05, 0) is 32.0 Å². The first-order valence-corrected chi connectivity index (χ1v) is 7.60. The zero-order valence-corrected chi connectivity index (χ0v) is 13.2. The first-order chi connectivity index (χ1) is 10.0. The Morgan fingerprint density at radius 3 is 2.68 bits per heavy atom. The molecule has 1 aliphatic rings. The Bertz CT molecular complexity index is 625. The molecule has 0 bridgehead atoms. The molecular weight excluding hydrogens is 337 g/mol. The number of nitrogens with zero attached hydrogens (tertiary/aromatic N) is 2. The van der Waals surface area contributed by atoms with Crippen molar-refractivity contribution in [3.05, 3.63) is 17.3 Å². The summed E-state index contributed by atoms with van der Waals surface area (Å²) in [5.74, 6) is 0.636. The van der Waals surface area contributed by atoms with E-state index in [1.807, 2.05) is 0 Å². The molecule has 0 saturated carbocycles. The van der Waals surface area contributed by atoms with Crippen LogP contribution in [0.3, 0.4) is 0 Å². The summed E-state index contributed by atoms with van der Waals surface area (Å²) in [5.41, 5.74) is 0. The molecule has 0 aromatic carbocycles. The van der Waals surface area contributed by atoms with Gasteiger partial charge in [-0.1, -0.05) is 0 Å². The van der Waals surface area contributed by atoms with Gasteiger partial charge in [0.25, 0.3) is 0 Å². The molecule has 3 heterocycles. The zero-order valence-electron chi connectivity index (χ0n) is 11.6. The van der Waals surface area contributed by atoms with E-state index < -0.39 is 12.6 Å². The van der Waals surface area contributed by atoms with Crippen LogP contribution in [-0.4, -0.2) is 35.3 Å². The van der Waals surface area contributed by atoms with E-state index in [0.717, 1.165) is 37.3 Å². The average Bonchev–Trinajstić information content (AvgIpc) is 2.81. The quantitative estimate of drug-likeness (QED) is 0.889. The van der Waals surface area contributed by atoms with Gasteiger partial charge in [0.1, 0.15) is 17.0 Å². The summed E-state index contributed by atoms with van der Waals surface area (Å²) in [6.45, 7) is 1.88. The highest BCUT2D eigenvalue weighted by Gasteiger charge is 2.29. The van der Waals surface area contributed by atoms with Gasteiger partial charge in [0.15, 0.2) is 0 Å². The fourth-order valence-electron chi connectivity index (χ4n) is 2.46. The third kappa shape index (κ3) is 4.21. The number of aromatic nitrogens is 2. The number of fused-ring (bicyclic) bond motifs is 1. The van der Waals surface area contributed by atoms with Crippen LogP contribution in [-0.2, 0) is 6.42 Å². The second kappa shape index (κ2) is 6.97. The number of rotatable bonds is 3. The van der Waals surface area contributed by atoms with Gasteiger partial charge in [-0.2, -0.15) is 13.2 Å². The van der Waals surface area contributed by atoms with Crippen LogP contribution in [0.2, 0.25) is 0 Å². The van der Waals surface area contributed by atoms with E-state index in [2.05, 4.69) is 20.6 Å². The van der Waals surface area contributed by atoms with Gasteiger partial charge in [0, 0.05) is 10.9 Å². The zero-order chi connectivity index (χ0) is 14.9. The second-order valence-electron chi connectivity index (χ2n) is 5.11. The van der Waals surface area contributed by atoms with Crippen LogP contribution < -0.4 is 10.6 Å². The van der Waals surface area contributed by atoms with Crippen molar-refractivity contribution in [2.45, 2.75) is 31.5 Å². The predicted molar refractivity (Wildman–Crippen MR) is 83.9 cm³/mol. The molecular formula is C13H16ClF3N4S. The Kier molecular flexibility index (Phi) is 5.46. The summed E-state index contributed by atoms with van der Waals surface area (Å²) in [5, 5.41) is 7.29. The van der Waals surface area contributed by atoms with Crippen molar-refractivity contribution >= 4 is 39.8 Å². The topological polar surface area (TPSA) is 49.8 Å². The smallest absolute Gasteiger partial charge is 0.367 e. The van der Waals surface area contributed by atoms with E-state index in [1.165, 1.54) is 6.33 Å². The minimum Gasteiger partial charge on any atom is -0.367 e. The molecule has 4 nitrogen and oxygen atoms in total. The maximum Gasteiger partial charge on any atom is 0.393 e. The molecule has 2 aromatic heterocycles. The largest absolute Gasteiger partial charge is 0.393 e. The van der Waals surface area contributed by atoms with Gasteiger partial charge >= 0.3 is 6.18 Å². The molecule has 0 unspecified atom stereocenters. The van der Waals surface area contributed by atoms with Crippen LogP contribution >= 0.6 is 23.7 Å². The van der Waals surface area contributed by atoms with E-state index in [4.69, 9.17) is 0 Å². The third-order valence-electron chi connectivity index (χ3n) is 3.44. The third-order valence-corrected chi connectivity index (χ3v) is 4.48. The molecule has 3 rings (SSSR count). The van der Waals surface area contributed by atoms with E-state index in [1.54, 1.807) is 6.07 Å². The molecule has 1 saturated heterocycles. The Balaban J connectivity index is 0.00000176. The second-order valence-corrected chi connectivity index (χ2v) is 6.23. The minimum atomic E-state index is -4.20. The van der Waals surface area contributed by atoms with Crippen molar-refractivity contribution in [3.8, 4) is 0 Å². The van der Waals surface area contributed by atoms with Crippen LogP contribution in [0.25, 0.3) is 10.2 Å². The van der Waals surface area contributed by atoms with Gasteiger partial charge < -0.3 is 10.6 Å². The number of hydrogen-bond acceptors (Lipinski definition) is 5. The predicted octanol–water partition coefficient (Wildman–Crippen LogP) is 3.38. The number of halogens is 4. The standard InChI is InChI=1S/C13H15F3N4S.ClH/c14-13(15,16)6-9-5-10-11(18-7-19-12(10)21-9)20-8-1-3-17-4-2-8;/h5,7-8,17H,1-4,6H2,(H,18,19,20);1H.